The number of nitro benzene ring substituents is 1. The molecule has 0 bridgehead atoms. The second kappa shape index (κ2) is 6.67. The second-order valence-electron chi connectivity index (χ2n) is 7.20. The Balaban J connectivity index is 1.81. The monoisotopic (exact) mass is 448 g/mol. The lowest BCUT2D eigenvalue weighted by molar-refractivity contribution is -0.384. The summed E-state index contributed by atoms with van der Waals surface area (Å²) in [6, 6.07) is 15.6. The molecule has 2 amide bonds. The van der Waals surface area contributed by atoms with Crippen LogP contribution in [0.5, 0.6) is 0 Å². The van der Waals surface area contributed by atoms with Crippen LogP contribution in [0.2, 0.25) is 0 Å². The zero-order valence-electron chi connectivity index (χ0n) is 16.1. The molecule has 0 radical (unpaired) electrons. The van der Waals surface area contributed by atoms with Gasteiger partial charge in [0.2, 0.25) is 0 Å². The van der Waals surface area contributed by atoms with Crippen LogP contribution in [0.4, 0.5) is 11.4 Å². The number of non-ortho nitro benzene ring substituents is 1. The first-order valence-corrected chi connectivity index (χ1v) is 10.7. The average Bonchev–Trinajstić information content (AvgIpc) is 2.76. The zero-order valence-corrected chi connectivity index (χ0v) is 16.9. The summed E-state index contributed by atoms with van der Waals surface area (Å²) in [6.07, 6.45) is 0. The van der Waals surface area contributed by atoms with Crippen molar-refractivity contribution in [3.05, 3.63) is 88.0 Å². The van der Waals surface area contributed by atoms with E-state index in [1.54, 1.807) is 24.3 Å². The molecule has 32 heavy (non-hydrogen) atoms. The molecule has 9 nitrogen and oxygen atoms in total. The first-order valence-electron chi connectivity index (χ1n) is 9.27. The smallest absolute Gasteiger partial charge is 0.282 e. The van der Waals surface area contributed by atoms with Crippen molar-refractivity contribution in [2.75, 3.05) is 4.90 Å². The van der Waals surface area contributed by atoms with E-state index in [0.29, 0.717) is 10.8 Å². The standard InChI is InChI=1S/C22H12N2O7S/c25-21-16-7-3-4-12-10-13(24(27)28)11-17(20(12)16)22(26)23(21)18-8-9-19(32(29,30)31)15-6-2-1-5-14(15)18/h1-11H,(H,29,30,31). The number of hydrogen-bond donors (Lipinski definition) is 1. The van der Waals surface area contributed by atoms with Gasteiger partial charge < -0.3 is 0 Å². The normalized spacial score (nSPS) is 13.7. The van der Waals surface area contributed by atoms with Crippen molar-refractivity contribution >= 4 is 54.9 Å². The fraction of sp³-hybridized carbons (Fsp3) is 0. The lowest BCUT2D eigenvalue weighted by Gasteiger charge is -2.28. The maximum Gasteiger partial charge on any atom is 0.295 e. The van der Waals surface area contributed by atoms with Crippen molar-refractivity contribution < 1.29 is 27.5 Å². The van der Waals surface area contributed by atoms with Crippen molar-refractivity contribution in [1.29, 1.82) is 0 Å². The van der Waals surface area contributed by atoms with E-state index in [1.807, 2.05) is 0 Å². The first-order chi connectivity index (χ1) is 15.2. The Morgan fingerprint density at radius 1 is 0.844 bits per heavy atom. The summed E-state index contributed by atoms with van der Waals surface area (Å²) in [7, 11) is -4.56. The number of carbonyl (C=O) groups excluding carboxylic acids is 2. The van der Waals surface area contributed by atoms with Crippen LogP contribution in [0.25, 0.3) is 21.5 Å². The molecule has 5 rings (SSSR count). The van der Waals surface area contributed by atoms with Crippen LogP contribution >= 0.6 is 0 Å². The third-order valence-electron chi connectivity index (χ3n) is 5.42. The summed E-state index contributed by atoms with van der Waals surface area (Å²) in [4.78, 5) is 38.1. The van der Waals surface area contributed by atoms with Crippen LogP contribution in [0.15, 0.2) is 71.6 Å². The molecule has 0 fully saturated rings. The number of hydrogen-bond acceptors (Lipinski definition) is 6. The lowest BCUT2D eigenvalue weighted by Crippen LogP contribution is -2.40. The van der Waals surface area contributed by atoms with E-state index in [1.165, 1.54) is 30.3 Å². The molecule has 0 unspecified atom stereocenters. The fourth-order valence-corrected chi connectivity index (χ4v) is 4.79. The van der Waals surface area contributed by atoms with Gasteiger partial charge in [-0.3, -0.25) is 24.3 Å². The molecule has 1 heterocycles. The van der Waals surface area contributed by atoms with Crippen LogP contribution in [0, 0.1) is 10.1 Å². The molecule has 158 valence electrons. The molecule has 0 saturated heterocycles. The number of nitrogens with zero attached hydrogens (tertiary/aromatic N) is 2. The Morgan fingerprint density at radius 2 is 1.53 bits per heavy atom. The highest BCUT2D eigenvalue weighted by Gasteiger charge is 2.36. The molecule has 0 aromatic heterocycles. The topological polar surface area (TPSA) is 135 Å². The van der Waals surface area contributed by atoms with Crippen molar-refractivity contribution in [3.63, 3.8) is 0 Å². The Hall–Kier alpha value is -4.15. The summed E-state index contributed by atoms with van der Waals surface area (Å²) < 4.78 is 33.2. The molecule has 4 aromatic carbocycles. The summed E-state index contributed by atoms with van der Waals surface area (Å²) in [5, 5.41) is 12.5. The molecule has 1 aliphatic rings. The van der Waals surface area contributed by atoms with Crippen LogP contribution in [0.1, 0.15) is 20.7 Å². The summed E-state index contributed by atoms with van der Waals surface area (Å²) in [5.41, 5.74) is -0.0155. The second-order valence-corrected chi connectivity index (χ2v) is 8.59. The Labute approximate surface area is 180 Å². The van der Waals surface area contributed by atoms with E-state index in [0.717, 1.165) is 17.0 Å². The van der Waals surface area contributed by atoms with Gasteiger partial charge in [-0.15, -0.1) is 0 Å². The SMILES string of the molecule is O=C1c2cccc3cc([N+](=O)[O-])cc(c23)C(=O)N1c1ccc(S(=O)(=O)O)c2ccccc12. The van der Waals surface area contributed by atoms with Gasteiger partial charge in [0.05, 0.1) is 16.2 Å². The van der Waals surface area contributed by atoms with Gasteiger partial charge in [0, 0.05) is 33.9 Å². The van der Waals surface area contributed by atoms with Gasteiger partial charge in [-0.1, -0.05) is 36.4 Å². The number of fused-ring (bicyclic) bond motifs is 1. The largest absolute Gasteiger partial charge is 0.295 e. The van der Waals surface area contributed by atoms with Crippen LogP contribution < -0.4 is 4.90 Å². The number of benzene rings is 4. The number of carbonyl (C=O) groups is 2. The summed E-state index contributed by atoms with van der Waals surface area (Å²) in [6.45, 7) is 0. The van der Waals surface area contributed by atoms with Crippen molar-refractivity contribution in [2.24, 2.45) is 0 Å². The van der Waals surface area contributed by atoms with Crippen molar-refractivity contribution in [1.82, 2.24) is 0 Å². The predicted octanol–water partition coefficient (Wildman–Crippen LogP) is 3.95. The molecule has 0 atom stereocenters. The maximum atomic E-state index is 13.4. The molecular formula is C22H12N2O7S. The van der Waals surface area contributed by atoms with Gasteiger partial charge in [0.15, 0.2) is 0 Å². The van der Waals surface area contributed by atoms with Gasteiger partial charge >= 0.3 is 0 Å². The van der Waals surface area contributed by atoms with Gasteiger partial charge in [-0.05, 0) is 23.6 Å². The van der Waals surface area contributed by atoms with Gasteiger partial charge in [0.1, 0.15) is 4.90 Å². The molecule has 1 aliphatic heterocycles. The Kier molecular flexibility index (Phi) is 4.13. The molecule has 0 aliphatic carbocycles. The third-order valence-corrected chi connectivity index (χ3v) is 6.33. The Bertz CT molecular complexity index is 1630. The van der Waals surface area contributed by atoms with Gasteiger partial charge in [-0.25, -0.2) is 4.90 Å². The van der Waals surface area contributed by atoms with Crippen molar-refractivity contribution in [3.8, 4) is 0 Å². The van der Waals surface area contributed by atoms with E-state index < -0.39 is 26.9 Å². The highest BCUT2D eigenvalue weighted by atomic mass is 32.2. The highest BCUT2D eigenvalue weighted by Crippen LogP contribution is 2.39. The van der Waals surface area contributed by atoms with Gasteiger partial charge in [-0.2, -0.15) is 8.42 Å². The van der Waals surface area contributed by atoms with E-state index in [-0.39, 0.29) is 38.2 Å². The van der Waals surface area contributed by atoms with Gasteiger partial charge in [0.25, 0.3) is 27.6 Å². The maximum absolute atomic E-state index is 13.4. The van der Waals surface area contributed by atoms with Crippen molar-refractivity contribution in [2.45, 2.75) is 4.90 Å². The number of amides is 2. The number of anilines is 1. The summed E-state index contributed by atoms with van der Waals surface area (Å²) >= 11 is 0. The molecule has 0 spiro atoms. The molecular weight excluding hydrogens is 436 g/mol. The number of imide groups is 1. The molecule has 4 aromatic rings. The average molecular weight is 448 g/mol. The molecule has 1 N–H and O–H groups in total. The van der Waals surface area contributed by atoms with Crippen LogP contribution in [0.3, 0.4) is 0 Å². The summed E-state index contributed by atoms with van der Waals surface area (Å²) in [5.74, 6) is -1.42. The number of rotatable bonds is 3. The minimum Gasteiger partial charge on any atom is -0.282 e. The number of nitro groups is 1. The van der Waals surface area contributed by atoms with Crippen LogP contribution in [-0.2, 0) is 10.1 Å². The van der Waals surface area contributed by atoms with E-state index in [2.05, 4.69) is 0 Å². The predicted molar refractivity (Wildman–Crippen MR) is 116 cm³/mol. The lowest BCUT2D eigenvalue weighted by atomic mass is 9.92. The minimum absolute atomic E-state index is 0.00710. The van der Waals surface area contributed by atoms with E-state index >= 15 is 0 Å². The fourth-order valence-electron chi connectivity index (χ4n) is 4.09. The minimum atomic E-state index is -4.56. The Morgan fingerprint density at radius 3 is 2.22 bits per heavy atom. The third kappa shape index (κ3) is 2.77. The van der Waals surface area contributed by atoms with E-state index in [4.69, 9.17) is 0 Å². The van der Waals surface area contributed by atoms with E-state index in [9.17, 15) is 32.7 Å². The first kappa shape index (κ1) is 19.8. The molecule has 10 heteroatoms. The van der Waals surface area contributed by atoms with Crippen LogP contribution in [-0.4, -0.2) is 29.7 Å². The highest BCUT2D eigenvalue weighted by molar-refractivity contribution is 7.86. The quantitative estimate of drug-likeness (QED) is 0.217. The zero-order chi connectivity index (χ0) is 22.8. The molecule has 0 saturated carbocycles.